The van der Waals surface area contributed by atoms with Crippen molar-refractivity contribution >= 4 is 11.6 Å². The number of nitrogens with two attached hydrogens (primary N) is 1. The summed E-state index contributed by atoms with van der Waals surface area (Å²) in [6.07, 6.45) is 7.67. The number of benzene rings is 1. The van der Waals surface area contributed by atoms with E-state index in [0.717, 1.165) is 12.8 Å². The van der Waals surface area contributed by atoms with Gasteiger partial charge in [-0.25, -0.2) is 0 Å². The third-order valence-corrected chi connectivity index (χ3v) is 3.24. The van der Waals surface area contributed by atoms with Crippen LogP contribution in [-0.2, 0) is 0 Å². The number of rotatable bonds is 5. The van der Waals surface area contributed by atoms with Crippen LogP contribution in [0.5, 0.6) is 5.75 Å². The number of carbonyl (C=O) groups excluding carboxylic acids is 1. The average Bonchev–Trinajstić information content (AvgIpc) is 3.21. The predicted molar refractivity (Wildman–Crippen MR) is 74.9 cm³/mol. The standard InChI is InChI=1S/C15H18N2O2/c1-3-9-17(10-11-7-8-11)15(18)14-12(16)5-4-6-13(14)19-2/h1,4-6,11H,7-10,16H2,2H3. The summed E-state index contributed by atoms with van der Waals surface area (Å²) in [5.41, 5.74) is 6.72. The molecule has 0 spiro atoms. The molecule has 4 heteroatoms. The van der Waals surface area contributed by atoms with Gasteiger partial charge in [0.1, 0.15) is 11.3 Å². The molecule has 1 fully saturated rings. The van der Waals surface area contributed by atoms with E-state index in [1.165, 1.54) is 7.11 Å². The predicted octanol–water partition coefficient (Wildman–Crippen LogP) is 1.76. The molecule has 1 aliphatic rings. The zero-order chi connectivity index (χ0) is 13.8. The minimum absolute atomic E-state index is 0.153. The Morgan fingerprint density at radius 1 is 1.58 bits per heavy atom. The van der Waals surface area contributed by atoms with Gasteiger partial charge in [-0.15, -0.1) is 6.42 Å². The van der Waals surface area contributed by atoms with Crippen molar-refractivity contribution in [2.45, 2.75) is 12.8 Å². The maximum Gasteiger partial charge on any atom is 0.260 e. The quantitative estimate of drug-likeness (QED) is 0.647. The molecule has 0 aromatic heterocycles. The number of terminal acetylenes is 1. The van der Waals surface area contributed by atoms with E-state index in [1.54, 1.807) is 23.1 Å². The van der Waals surface area contributed by atoms with Crippen molar-refractivity contribution in [3.63, 3.8) is 0 Å². The third kappa shape index (κ3) is 3.00. The molecular weight excluding hydrogens is 240 g/mol. The summed E-state index contributed by atoms with van der Waals surface area (Å²) in [4.78, 5) is 14.2. The van der Waals surface area contributed by atoms with Gasteiger partial charge in [-0.2, -0.15) is 0 Å². The Hall–Kier alpha value is -2.15. The molecule has 100 valence electrons. The zero-order valence-corrected chi connectivity index (χ0v) is 11.1. The molecule has 2 N–H and O–H groups in total. The fraction of sp³-hybridized carbons (Fsp3) is 0.400. The average molecular weight is 258 g/mol. The molecule has 19 heavy (non-hydrogen) atoms. The molecule has 0 radical (unpaired) electrons. The highest BCUT2D eigenvalue weighted by atomic mass is 16.5. The van der Waals surface area contributed by atoms with Gasteiger partial charge in [-0.3, -0.25) is 4.79 Å². The first-order valence-corrected chi connectivity index (χ1v) is 6.32. The monoisotopic (exact) mass is 258 g/mol. The molecule has 1 aromatic rings. The van der Waals surface area contributed by atoms with Gasteiger partial charge in [0.25, 0.3) is 5.91 Å². The molecule has 0 heterocycles. The number of anilines is 1. The van der Waals surface area contributed by atoms with E-state index in [-0.39, 0.29) is 5.91 Å². The van der Waals surface area contributed by atoms with Crippen LogP contribution < -0.4 is 10.5 Å². The summed E-state index contributed by atoms with van der Waals surface area (Å²) in [5, 5.41) is 0. The summed E-state index contributed by atoms with van der Waals surface area (Å²) < 4.78 is 5.22. The summed E-state index contributed by atoms with van der Waals surface area (Å²) in [7, 11) is 1.53. The lowest BCUT2D eigenvalue weighted by molar-refractivity contribution is 0.0767. The highest BCUT2D eigenvalue weighted by Gasteiger charge is 2.28. The molecule has 4 nitrogen and oxygen atoms in total. The van der Waals surface area contributed by atoms with Gasteiger partial charge >= 0.3 is 0 Å². The van der Waals surface area contributed by atoms with Crippen LogP contribution in [0.2, 0.25) is 0 Å². The molecule has 0 saturated heterocycles. The van der Waals surface area contributed by atoms with E-state index in [0.29, 0.717) is 36.0 Å². The number of nitrogen functional groups attached to an aromatic ring is 1. The fourth-order valence-corrected chi connectivity index (χ4v) is 2.05. The van der Waals surface area contributed by atoms with Gasteiger partial charge in [0.2, 0.25) is 0 Å². The van der Waals surface area contributed by atoms with Crippen LogP contribution in [0, 0.1) is 18.3 Å². The molecule has 0 aliphatic heterocycles. The van der Waals surface area contributed by atoms with Crippen molar-refractivity contribution in [1.82, 2.24) is 4.90 Å². The smallest absolute Gasteiger partial charge is 0.260 e. The van der Waals surface area contributed by atoms with E-state index >= 15 is 0 Å². The minimum Gasteiger partial charge on any atom is -0.496 e. The van der Waals surface area contributed by atoms with E-state index in [9.17, 15) is 4.79 Å². The summed E-state index contributed by atoms with van der Waals surface area (Å²) in [6, 6.07) is 5.19. The summed E-state index contributed by atoms with van der Waals surface area (Å²) in [6.45, 7) is 0.993. The van der Waals surface area contributed by atoms with Gasteiger partial charge in [-0.05, 0) is 30.9 Å². The van der Waals surface area contributed by atoms with Crippen molar-refractivity contribution in [3.05, 3.63) is 23.8 Å². The Balaban J connectivity index is 2.27. The van der Waals surface area contributed by atoms with Gasteiger partial charge in [0.15, 0.2) is 0 Å². The first-order valence-electron chi connectivity index (χ1n) is 6.32. The van der Waals surface area contributed by atoms with Crippen molar-refractivity contribution in [2.75, 3.05) is 25.9 Å². The van der Waals surface area contributed by atoms with E-state index in [1.807, 2.05) is 0 Å². The van der Waals surface area contributed by atoms with Gasteiger partial charge < -0.3 is 15.4 Å². The number of carbonyl (C=O) groups is 1. The Labute approximate surface area is 113 Å². The second kappa shape index (κ2) is 5.66. The van der Waals surface area contributed by atoms with E-state index in [4.69, 9.17) is 16.9 Å². The van der Waals surface area contributed by atoms with E-state index < -0.39 is 0 Å². The van der Waals surface area contributed by atoms with Crippen molar-refractivity contribution < 1.29 is 9.53 Å². The van der Waals surface area contributed by atoms with Crippen molar-refractivity contribution in [3.8, 4) is 18.1 Å². The van der Waals surface area contributed by atoms with Crippen LogP contribution in [0.1, 0.15) is 23.2 Å². The maximum atomic E-state index is 12.6. The molecule has 0 unspecified atom stereocenters. The molecular formula is C15H18N2O2. The summed E-state index contributed by atoms with van der Waals surface area (Å²) in [5.74, 6) is 3.44. The van der Waals surface area contributed by atoms with Gasteiger partial charge in [-0.1, -0.05) is 12.0 Å². The largest absolute Gasteiger partial charge is 0.496 e. The molecule has 1 saturated carbocycles. The van der Waals surface area contributed by atoms with Crippen molar-refractivity contribution in [2.24, 2.45) is 5.92 Å². The first kappa shape index (κ1) is 13.3. The Bertz CT molecular complexity index is 515. The highest BCUT2D eigenvalue weighted by molar-refractivity contribution is 6.02. The lowest BCUT2D eigenvalue weighted by atomic mass is 10.1. The molecule has 1 aromatic carbocycles. The van der Waals surface area contributed by atoms with Gasteiger partial charge in [0, 0.05) is 12.2 Å². The lowest BCUT2D eigenvalue weighted by Gasteiger charge is -2.22. The Kier molecular flexibility index (Phi) is 3.96. The van der Waals surface area contributed by atoms with Gasteiger partial charge in [0.05, 0.1) is 13.7 Å². The number of amides is 1. The Morgan fingerprint density at radius 2 is 2.32 bits per heavy atom. The minimum atomic E-state index is -0.153. The number of ether oxygens (including phenoxy) is 1. The lowest BCUT2D eigenvalue weighted by Crippen LogP contribution is -2.34. The van der Waals surface area contributed by atoms with Crippen LogP contribution in [0.3, 0.4) is 0 Å². The number of methoxy groups -OCH3 is 1. The van der Waals surface area contributed by atoms with Crippen LogP contribution in [0.25, 0.3) is 0 Å². The molecule has 0 atom stereocenters. The Morgan fingerprint density at radius 3 is 2.89 bits per heavy atom. The topological polar surface area (TPSA) is 55.6 Å². The fourth-order valence-electron chi connectivity index (χ4n) is 2.05. The zero-order valence-electron chi connectivity index (χ0n) is 11.1. The molecule has 2 rings (SSSR count). The molecule has 1 amide bonds. The number of nitrogens with zero attached hydrogens (tertiary/aromatic N) is 1. The third-order valence-electron chi connectivity index (χ3n) is 3.24. The van der Waals surface area contributed by atoms with Crippen molar-refractivity contribution in [1.29, 1.82) is 0 Å². The summed E-state index contributed by atoms with van der Waals surface area (Å²) >= 11 is 0. The SMILES string of the molecule is C#CCN(CC1CC1)C(=O)c1c(N)cccc1OC. The number of hydrogen-bond acceptors (Lipinski definition) is 3. The van der Waals surface area contributed by atoms with Crippen LogP contribution >= 0.6 is 0 Å². The maximum absolute atomic E-state index is 12.6. The molecule has 0 bridgehead atoms. The van der Waals surface area contributed by atoms with E-state index in [2.05, 4.69) is 5.92 Å². The van der Waals surface area contributed by atoms with Crippen LogP contribution in [-0.4, -0.2) is 31.0 Å². The number of hydrogen-bond donors (Lipinski definition) is 1. The first-order chi connectivity index (χ1) is 9.17. The van der Waals surface area contributed by atoms with Crippen LogP contribution in [0.15, 0.2) is 18.2 Å². The molecule has 1 aliphatic carbocycles. The normalized spacial score (nSPS) is 13.7. The second-order valence-corrected chi connectivity index (χ2v) is 4.76. The second-order valence-electron chi connectivity index (χ2n) is 4.76. The highest BCUT2D eigenvalue weighted by Crippen LogP contribution is 2.31. The van der Waals surface area contributed by atoms with Crippen LogP contribution in [0.4, 0.5) is 5.69 Å².